The van der Waals surface area contributed by atoms with Crippen LogP contribution in [0.2, 0.25) is 0 Å². The van der Waals surface area contributed by atoms with Gasteiger partial charge in [0.05, 0.1) is 30.6 Å². The summed E-state index contributed by atoms with van der Waals surface area (Å²) in [5.41, 5.74) is 7.31. The Bertz CT molecular complexity index is 1170. The molecule has 0 radical (unpaired) electrons. The number of carbonyl (C=O) groups is 1. The summed E-state index contributed by atoms with van der Waals surface area (Å²) < 4.78 is 5.34. The quantitative estimate of drug-likeness (QED) is 0.471. The number of nitrogens with zero attached hydrogens (tertiary/aromatic N) is 4. The molecule has 5 rings (SSSR count). The van der Waals surface area contributed by atoms with Crippen LogP contribution in [0, 0.1) is 17.8 Å². The minimum absolute atomic E-state index is 0.0812. The molecule has 172 valence electrons. The highest BCUT2D eigenvalue weighted by molar-refractivity contribution is 6.06. The van der Waals surface area contributed by atoms with Crippen molar-refractivity contribution in [1.82, 2.24) is 19.9 Å². The number of methoxy groups -OCH3 is 1. The number of aromatic amines is 1. The SMILES string of the molecule is CC[C@@H]1CN(C)[C@H]2Cc3c([nH]c4ccccc34)/C(=N/Nc3cnccn3)C[C@H]1[C@@H]2C(=O)OC. The number of ether oxygens (including phenoxy) is 1. The Morgan fingerprint density at radius 3 is 2.91 bits per heavy atom. The molecule has 1 fully saturated rings. The van der Waals surface area contributed by atoms with E-state index in [4.69, 9.17) is 9.84 Å². The van der Waals surface area contributed by atoms with Crippen LogP contribution in [-0.2, 0) is 16.0 Å². The molecular formula is C25H30N6O2. The molecule has 1 saturated heterocycles. The normalized spacial score (nSPS) is 26.5. The number of anilines is 1. The maximum absolute atomic E-state index is 13.1. The summed E-state index contributed by atoms with van der Waals surface area (Å²) in [5, 5.41) is 5.99. The molecule has 4 atom stereocenters. The van der Waals surface area contributed by atoms with Crippen LogP contribution in [0.25, 0.3) is 10.9 Å². The van der Waals surface area contributed by atoms with Gasteiger partial charge < -0.3 is 14.6 Å². The second-order valence-corrected chi connectivity index (χ2v) is 9.08. The second kappa shape index (κ2) is 8.94. The van der Waals surface area contributed by atoms with E-state index in [9.17, 15) is 4.79 Å². The molecule has 1 aliphatic carbocycles. The second-order valence-electron chi connectivity index (χ2n) is 9.08. The minimum Gasteiger partial charge on any atom is -0.469 e. The number of hydrogen-bond acceptors (Lipinski definition) is 7. The lowest BCUT2D eigenvalue weighted by Gasteiger charge is -2.48. The number of hydrogen-bond donors (Lipinski definition) is 2. The zero-order valence-electron chi connectivity index (χ0n) is 19.3. The van der Waals surface area contributed by atoms with Gasteiger partial charge in [-0.2, -0.15) is 5.10 Å². The molecule has 0 unspecified atom stereocenters. The van der Waals surface area contributed by atoms with Crippen LogP contribution in [0.15, 0.2) is 48.0 Å². The number of piperidine rings is 1. The van der Waals surface area contributed by atoms with E-state index in [0.717, 1.165) is 36.3 Å². The molecule has 3 heterocycles. The van der Waals surface area contributed by atoms with Crippen LogP contribution in [0.1, 0.15) is 31.0 Å². The number of rotatable bonds is 4. The van der Waals surface area contributed by atoms with Crippen LogP contribution in [-0.4, -0.2) is 58.3 Å². The largest absolute Gasteiger partial charge is 0.469 e. The number of carbonyl (C=O) groups excluding carboxylic acids is 1. The zero-order chi connectivity index (χ0) is 22.9. The Labute approximate surface area is 193 Å². The fourth-order valence-corrected chi connectivity index (χ4v) is 5.75. The van der Waals surface area contributed by atoms with Gasteiger partial charge in [-0.05, 0) is 43.4 Å². The summed E-state index contributed by atoms with van der Waals surface area (Å²) in [6.45, 7) is 3.16. The van der Waals surface area contributed by atoms with Gasteiger partial charge in [0.25, 0.3) is 0 Å². The number of likely N-dealkylation sites (tertiary alicyclic amines) is 1. The summed E-state index contributed by atoms with van der Waals surface area (Å²) in [6.07, 6.45) is 7.35. The third-order valence-electron chi connectivity index (χ3n) is 7.38. The van der Waals surface area contributed by atoms with Gasteiger partial charge in [-0.3, -0.25) is 15.2 Å². The molecule has 0 amide bonds. The number of fused-ring (bicyclic) bond motifs is 5. The molecule has 1 aliphatic heterocycles. The molecule has 2 N–H and O–H groups in total. The van der Waals surface area contributed by atoms with Gasteiger partial charge in [0, 0.05) is 35.9 Å². The van der Waals surface area contributed by atoms with Crippen molar-refractivity contribution in [2.45, 2.75) is 32.2 Å². The summed E-state index contributed by atoms with van der Waals surface area (Å²) in [4.78, 5) is 27.5. The Hall–Kier alpha value is -3.26. The smallest absolute Gasteiger partial charge is 0.310 e. The van der Waals surface area contributed by atoms with Gasteiger partial charge in [0.2, 0.25) is 0 Å². The number of esters is 1. The van der Waals surface area contributed by atoms with Crippen LogP contribution in [0.4, 0.5) is 5.82 Å². The lowest BCUT2D eigenvalue weighted by Crippen LogP contribution is -2.56. The number of benzene rings is 1. The van der Waals surface area contributed by atoms with E-state index < -0.39 is 0 Å². The van der Waals surface area contributed by atoms with Crippen molar-refractivity contribution >= 4 is 28.4 Å². The van der Waals surface area contributed by atoms with Crippen molar-refractivity contribution in [2.75, 3.05) is 26.1 Å². The van der Waals surface area contributed by atoms with E-state index >= 15 is 0 Å². The van der Waals surface area contributed by atoms with E-state index in [0.29, 0.717) is 18.2 Å². The van der Waals surface area contributed by atoms with Gasteiger partial charge in [-0.15, -0.1) is 0 Å². The molecule has 2 bridgehead atoms. The molecular weight excluding hydrogens is 416 g/mol. The first kappa shape index (κ1) is 21.6. The maximum atomic E-state index is 13.1. The van der Waals surface area contributed by atoms with Gasteiger partial charge in [-0.1, -0.05) is 31.5 Å². The molecule has 33 heavy (non-hydrogen) atoms. The van der Waals surface area contributed by atoms with Crippen LogP contribution < -0.4 is 5.43 Å². The molecule has 0 spiro atoms. The van der Waals surface area contributed by atoms with Crippen molar-refractivity contribution in [3.8, 4) is 0 Å². The molecule has 8 nitrogen and oxygen atoms in total. The van der Waals surface area contributed by atoms with Crippen molar-refractivity contribution in [1.29, 1.82) is 0 Å². The highest BCUT2D eigenvalue weighted by Crippen LogP contribution is 2.42. The molecule has 2 aromatic heterocycles. The van der Waals surface area contributed by atoms with Crippen molar-refractivity contribution in [3.05, 3.63) is 54.1 Å². The van der Waals surface area contributed by atoms with E-state index in [2.05, 4.69) is 57.4 Å². The summed E-state index contributed by atoms with van der Waals surface area (Å²) in [7, 11) is 3.64. The number of likely N-dealkylation sites (N-methyl/N-ethyl adjacent to an activating group) is 1. The van der Waals surface area contributed by atoms with Crippen molar-refractivity contribution in [2.24, 2.45) is 22.9 Å². The third-order valence-corrected chi connectivity index (χ3v) is 7.38. The number of H-pyrrole nitrogens is 1. The predicted molar refractivity (Wildman–Crippen MR) is 128 cm³/mol. The van der Waals surface area contributed by atoms with Gasteiger partial charge in [0.1, 0.15) is 0 Å². The predicted octanol–water partition coefficient (Wildman–Crippen LogP) is 3.47. The van der Waals surface area contributed by atoms with Crippen LogP contribution in [0.5, 0.6) is 0 Å². The molecule has 8 heteroatoms. The van der Waals surface area contributed by atoms with E-state index in [1.807, 2.05) is 6.07 Å². The minimum atomic E-state index is -0.206. The van der Waals surface area contributed by atoms with E-state index in [1.165, 1.54) is 18.1 Å². The number of para-hydroxylation sites is 1. The average Bonchev–Trinajstić information content (AvgIpc) is 3.20. The lowest BCUT2D eigenvalue weighted by atomic mass is 9.67. The van der Waals surface area contributed by atoms with Crippen molar-refractivity contribution < 1.29 is 9.53 Å². The monoisotopic (exact) mass is 446 g/mol. The lowest BCUT2D eigenvalue weighted by molar-refractivity contribution is -0.154. The number of hydrazone groups is 1. The van der Waals surface area contributed by atoms with E-state index in [1.54, 1.807) is 18.6 Å². The van der Waals surface area contributed by atoms with E-state index in [-0.39, 0.29) is 23.8 Å². The summed E-state index contributed by atoms with van der Waals surface area (Å²) in [5.74, 6) is 0.776. The first-order chi connectivity index (χ1) is 16.1. The molecule has 3 aromatic rings. The fraction of sp³-hybridized carbons (Fsp3) is 0.440. The topological polar surface area (TPSA) is 95.5 Å². The van der Waals surface area contributed by atoms with Crippen LogP contribution >= 0.6 is 0 Å². The van der Waals surface area contributed by atoms with Crippen molar-refractivity contribution in [3.63, 3.8) is 0 Å². The molecule has 2 aliphatic rings. The standard InChI is InChI=1S/C25H30N6O2/c1-4-15-14-31(2)21-12-18-16-7-5-6-8-19(16)28-24(18)20(11-17(15)23(21)25(32)33-3)29-30-22-13-26-9-10-27-22/h5-10,13,15,17,21,23,28H,4,11-12,14H2,1-3H3,(H,27,30)/b29-20+/t15-,17-,21+,23+/m1/s1. The first-order valence-corrected chi connectivity index (χ1v) is 11.6. The molecule has 1 aromatic carbocycles. The first-order valence-electron chi connectivity index (χ1n) is 11.6. The fourth-order valence-electron chi connectivity index (χ4n) is 5.75. The highest BCUT2D eigenvalue weighted by atomic mass is 16.5. The average molecular weight is 447 g/mol. The Morgan fingerprint density at radius 1 is 1.30 bits per heavy atom. The molecule has 0 saturated carbocycles. The zero-order valence-corrected chi connectivity index (χ0v) is 19.3. The summed E-state index contributed by atoms with van der Waals surface area (Å²) >= 11 is 0. The summed E-state index contributed by atoms with van der Waals surface area (Å²) in [6, 6.07) is 8.41. The van der Waals surface area contributed by atoms with Crippen LogP contribution in [0.3, 0.4) is 0 Å². The highest BCUT2D eigenvalue weighted by Gasteiger charge is 2.48. The third kappa shape index (κ3) is 3.88. The van der Waals surface area contributed by atoms with Gasteiger partial charge in [-0.25, -0.2) is 4.98 Å². The number of aromatic nitrogens is 3. The Morgan fingerprint density at radius 2 is 2.15 bits per heavy atom. The Kier molecular flexibility index (Phi) is 5.85. The Balaban J connectivity index is 1.67. The maximum Gasteiger partial charge on any atom is 0.310 e. The number of nitrogens with one attached hydrogen (secondary N) is 2. The van der Waals surface area contributed by atoms with Gasteiger partial charge >= 0.3 is 5.97 Å². The van der Waals surface area contributed by atoms with Gasteiger partial charge in [0.15, 0.2) is 5.82 Å².